The van der Waals surface area contributed by atoms with E-state index in [2.05, 4.69) is 26.2 Å². The van der Waals surface area contributed by atoms with Crippen molar-refractivity contribution >= 4 is 27.6 Å². The summed E-state index contributed by atoms with van der Waals surface area (Å²) in [4.78, 5) is 40.2. The summed E-state index contributed by atoms with van der Waals surface area (Å²) in [5, 5.41) is 2.83. The van der Waals surface area contributed by atoms with Gasteiger partial charge in [0.15, 0.2) is 5.78 Å². The van der Waals surface area contributed by atoms with Gasteiger partial charge in [-0.05, 0) is 36.5 Å². The van der Waals surface area contributed by atoms with Crippen LogP contribution in [-0.4, -0.2) is 16.7 Å². The van der Waals surface area contributed by atoms with Crippen LogP contribution in [0.15, 0.2) is 39.6 Å². The van der Waals surface area contributed by atoms with Gasteiger partial charge < -0.3 is 10.3 Å². The number of fused-ring (bicyclic) bond motifs is 1. The smallest absolute Gasteiger partial charge is 0.261 e. The highest BCUT2D eigenvalue weighted by molar-refractivity contribution is 9.10. The number of aromatic amines is 1. The van der Waals surface area contributed by atoms with E-state index >= 15 is 0 Å². The van der Waals surface area contributed by atoms with E-state index in [0.717, 1.165) is 10.0 Å². The molecule has 1 aromatic heterocycles. The topological polar surface area (TPSA) is 79.0 Å². The van der Waals surface area contributed by atoms with E-state index in [1.165, 1.54) is 6.07 Å². The molecule has 3 rings (SSSR count). The van der Waals surface area contributed by atoms with Crippen molar-refractivity contribution in [1.29, 1.82) is 0 Å². The molecule has 1 aromatic carbocycles. The third-order valence-corrected chi connectivity index (χ3v) is 5.40. The highest BCUT2D eigenvalue weighted by Crippen LogP contribution is 2.33. The lowest BCUT2D eigenvalue weighted by atomic mass is 9.75. The van der Waals surface area contributed by atoms with Gasteiger partial charge in [-0.25, -0.2) is 0 Å². The van der Waals surface area contributed by atoms with Gasteiger partial charge in [0.1, 0.15) is 5.56 Å². The molecule has 1 heterocycles. The second-order valence-electron chi connectivity index (χ2n) is 7.56. The van der Waals surface area contributed by atoms with Crippen LogP contribution in [0.2, 0.25) is 0 Å². The summed E-state index contributed by atoms with van der Waals surface area (Å²) in [5.74, 6) is -0.532. The summed E-state index contributed by atoms with van der Waals surface area (Å²) < 4.78 is 0.879. The van der Waals surface area contributed by atoms with Crippen LogP contribution in [0.5, 0.6) is 0 Å². The molecule has 5 nitrogen and oxygen atoms in total. The van der Waals surface area contributed by atoms with E-state index < -0.39 is 11.5 Å². The molecule has 6 heteroatoms. The quantitative estimate of drug-likeness (QED) is 0.798. The third kappa shape index (κ3) is 3.65. The van der Waals surface area contributed by atoms with Gasteiger partial charge in [0, 0.05) is 22.2 Å². The Labute approximate surface area is 160 Å². The Bertz CT molecular complexity index is 946. The van der Waals surface area contributed by atoms with Crippen LogP contribution < -0.4 is 10.9 Å². The molecule has 0 saturated carbocycles. The van der Waals surface area contributed by atoms with Gasteiger partial charge in [0.25, 0.3) is 11.5 Å². The van der Waals surface area contributed by atoms with Crippen LogP contribution in [0.1, 0.15) is 65.2 Å². The minimum absolute atomic E-state index is 0.0318. The predicted molar refractivity (Wildman–Crippen MR) is 104 cm³/mol. The molecule has 0 saturated heterocycles. The maximum Gasteiger partial charge on any atom is 0.261 e. The van der Waals surface area contributed by atoms with Crippen molar-refractivity contribution in [2.75, 3.05) is 0 Å². The monoisotopic (exact) mass is 416 g/mol. The minimum Gasteiger partial charge on any atom is -0.345 e. The van der Waals surface area contributed by atoms with Crippen LogP contribution in [0.3, 0.4) is 0 Å². The van der Waals surface area contributed by atoms with Crippen molar-refractivity contribution in [2.24, 2.45) is 5.41 Å². The minimum atomic E-state index is -0.491. The number of halogens is 1. The average molecular weight is 417 g/mol. The standard InChI is InChI=1S/C20H21BrN2O3/c1-11(12-6-4-5-7-15(12)21)22-18(25)14-8-13-16(23-19(14)26)9-20(2,3)10-17(13)24/h4-8,11H,9-10H2,1-3H3,(H,22,25)(H,23,26). The Morgan fingerprint density at radius 3 is 2.62 bits per heavy atom. The molecule has 1 atom stereocenters. The van der Waals surface area contributed by atoms with Gasteiger partial charge in [-0.15, -0.1) is 0 Å². The van der Waals surface area contributed by atoms with E-state index in [1.807, 2.05) is 45.0 Å². The number of carbonyl (C=O) groups is 2. The zero-order valence-electron chi connectivity index (χ0n) is 15.0. The number of benzene rings is 1. The highest BCUT2D eigenvalue weighted by atomic mass is 79.9. The van der Waals surface area contributed by atoms with Crippen molar-refractivity contribution in [2.45, 2.75) is 39.7 Å². The number of nitrogens with one attached hydrogen (secondary N) is 2. The summed E-state index contributed by atoms with van der Waals surface area (Å²) in [6.45, 7) is 5.83. The Hall–Kier alpha value is -2.21. The van der Waals surface area contributed by atoms with Crippen LogP contribution in [0.25, 0.3) is 0 Å². The van der Waals surface area contributed by atoms with Crippen LogP contribution >= 0.6 is 15.9 Å². The number of rotatable bonds is 3. The van der Waals surface area contributed by atoms with Crippen molar-refractivity contribution in [3.8, 4) is 0 Å². The van der Waals surface area contributed by atoms with Gasteiger partial charge in [0.2, 0.25) is 0 Å². The average Bonchev–Trinajstić information content (AvgIpc) is 2.53. The summed E-state index contributed by atoms with van der Waals surface area (Å²) in [7, 11) is 0. The lowest BCUT2D eigenvalue weighted by Gasteiger charge is -2.29. The molecule has 1 aliphatic carbocycles. The summed E-state index contributed by atoms with van der Waals surface area (Å²) in [5.41, 5.74) is 1.29. The number of hydrogen-bond donors (Lipinski definition) is 2. The molecule has 0 bridgehead atoms. The molecule has 1 amide bonds. The summed E-state index contributed by atoms with van der Waals surface area (Å²) >= 11 is 3.46. The summed E-state index contributed by atoms with van der Waals surface area (Å²) in [6.07, 6.45) is 1.01. The molecule has 0 aliphatic heterocycles. The van der Waals surface area contributed by atoms with Gasteiger partial charge in [0.05, 0.1) is 6.04 Å². The molecule has 0 fully saturated rings. The molecule has 0 radical (unpaired) electrons. The largest absolute Gasteiger partial charge is 0.345 e. The molecular weight excluding hydrogens is 396 g/mol. The molecule has 1 aliphatic rings. The maximum absolute atomic E-state index is 12.6. The molecule has 26 heavy (non-hydrogen) atoms. The predicted octanol–water partition coefficient (Wildman–Crippen LogP) is 3.78. The molecule has 2 N–H and O–H groups in total. The van der Waals surface area contributed by atoms with Crippen molar-refractivity contribution < 1.29 is 9.59 Å². The number of hydrogen-bond acceptors (Lipinski definition) is 3. The first-order valence-corrected chi connectivity index (χ1v) is 9.32. The highest BCUT2D eigenvalue weighted by Gasteiger charge is 2.32. The number of H-pyrrole nitrogens is 1. The molecule has 2 aromatic rings. The number of pyridine rings is 1. The first kappa shape index (κ1) is 18.6. The van der Waals surface area contributed by atoms with Gasteiger partial charge in [-0.1, -0.05) is 48.0 Å². The van der Waals surface area contributed by atoms with Crippen LogP contribution in [0, 0.1) is 5.41 Å². The van der Waals surface area contributed by atoms with Gasteiger partial charge in [-0.2, -0.15) is 0 Å². The van der Waals surface area contributed by atoms with Crippen molar-refractivity contribution in [1.82, 2.24) is 10.3 Å². The van der Waals surface area contributed by atoms with E-state index in [1.54, 1.807) is 0 Å². The Morgan fingerprint density at radius 1 is 1.23 bits per heavy atom. The first-order valence-electron chi connectivity index (χ1n) is 8.52. The molecule has 136 valence electrons. The Kier molecular flexibility index (Phi) is 4.88. The lowest BCUT2D eigenvalue weighted by molar-refractivity contribution is 0.0910. The number of amides is 1. The van der Waals surface area contributed by atoms with E-state index in [-0.39, 0.29) is 22.8 Å². The van der Waals surface area contributed by atoms with Crippen LogP contribution in [0.4, 0.5) is 0 Å². The van der Waals surface area contributed by atoms with Gasteiger partial charge in [-0.3, -0.25) is 14.4 Å². The Balaban J connectivity index is 1.89. The number of aromatic nitrogens is 1. The molecule has 1 unspecified atom stereocenters. The van der Waals surface area contributed by atoms with E-state index in [0.29, 0.717) is 24.1 Å². The number of carbonyl (C=O) groups excluding carboxylic acids is 2. The third-order valence-electron chi connectivity index (χ3n) is 4.68. The fourth-order valence-electron chi connectivity index (χ4n) is 3.37. The second-order valence-corrected chi connectivity index (χ2v) is 8.42. The lowest BCUT2D eigenvalue weighted by Crippen LogP contribution is -2.35. The number of ketones is 1. The fourth-order valence-corrected chi connectivity index (χ4v) is 4.00. The van der Waals surface area contributed by atoms with E-state index in [4.69, 9.17) is 0 Å². The van der Waals surface area contributed by atoms with E-state index in [9.17, 15) is 14.4 Å². The normalized spacial score (nSPS) is 16.7. The van der Waals surface area contributed by atoms with Crippen LogP contribution in [-0.2, 0) is 6.42 Å². The SMILES string of the molecule is CC(NC(=O)c1cc2c([nH]c1=O)CC(C)(C)CC2=O)c1ccccc1Br. The fraction of sp³-hybridized carbons (Fsp3) is 0.350. The summed E-state index contributed by atoms with van der Waals surface area (Å²) in [6, 6.07) is 8.72. The zero-order chi connectivity index (χ0) is 19.1. The maximum atomic E-state index is 12.6. The van der Waals surface area contributed by atoms with Crippen molar-refractivity contribution in [3.05, 3.63) is 67.5 Å². The molecular formula is C20H21BrN2O3. The first-order chi connectivity index (χ1) is 12.2. The second kappa shape index (κ2) is 6.83. The van der Waals surface area contributed by atoms with Gasteiger partial charge >= 0.3 is 0 Å². The number of Topliss-reactive ketones (excluding diaryl/α,β-unsaturated/α-hetero) is 1. The Morgan fingerprint density at radius 2 is 1.92 bits per heavy atom. The van der Waals surface area contributed by atoms with Crippen molar-refractivity contribution in [3.63, 3.8) is 0 Å². The molecule has 0 spiro atoms. The zero-order valence-corrected chi connectivity index (χ0v) is 16.6.